The summed E-state index contributed by atoms with van der Waals surface area (Å²) in [5.74, 6) is 1.25. The van der Waals surface area contributed by atoms with Gasteiger partial charge in [-0.1, -0.05) is 24.6 Å². The smallest absolute Gasteiger partial charge is 0.265 e. The molecule has 2 rings (SSSR count). The number of rotatable bonds is 6. The maximum Gasteiger partial charge on any atom is 0.265 e. The van der Waals surface area contributed by atoms with Crippen molar-refractivity contribution in [1.29, 1.82) is 0 Å². The number of nitrogens with one attached hydrogen (secondary N) is 1. The van der Waals surface area contributed by atoms with E-state index in [0.717, 1.165) is 17.0 Å². The number of carbonyl (C=O) groups is 1. The fourth-order valence-corrected chi connectivity index (χ4v) is 2.00. The predicted octanol–water partition coefficient (Wildman–Crippen LogP) is 3.80. The molecule has 0 bridgehead atoms. The Hall–Kier alpha value is -2.49. The van der Waals surface area contributed by atoms with Crippen molar-refractivity contribution in [1.82, 2.24) is 0 Å². The molecule has 1 atom stereocenters. The van der Waals surface area contributed by atoms with Gasteiger partial charge in [-0.15, -0.1) is 0 Å². The minimum Gasteiger partial charge on any atom is -0.497 e. The maximum absolute atomic E-state index is 12.3. The average molecular weight is 299 g/mol. The lowest BCUT2D eigenvalue weighted by Crippen LogP contribution is -2.32. The van der Waals surface area contributed by atoms with Gasteiger partial charge in [-0.3, -0.25) is 4.79 Å². The predicted molar refractivity (Wildman–Crippen MR) is 87.5 cm³/mol. The minimum atomic E-state index is -0.533. The SMILES string of the molecule is CC[C@H](Oc1ccc(OC)cc1)C(=O)Nc1ccc(C)cc1. The molecule has 116 valence electrons. The van der Waals surface area contributed by atoms with Gasteiger partial charge in [-0.05, 0) is 49.7 Å². The van der Waals surface area contributed by atoms with E-state index in [2.05, 4.69) is 5.32 Å². The van der Waals surface area contributed by atoms with Crippen LogP contribution in [-0.4, -0.2) is 19.1 Å². The summed E-state index contributed by atoms with van der Waals surface area (Å²) in [6.07, 6.45) is 0.0543. The van der Waals surface area contributed by atoms with Gasteiger partial charge in [0.05, 0.1) is 7.11 Å². The Balaban J connectivity index is 2.00. The maximum atomic E-state index is 12.3. The molecular weight excluding hydrogens is 278 g/mol. The van der Waals surface area contributed by atoms with Crippen molar-refractivity contribution in [3.8, 4) is 11.5 Å². The number of amides is 1. The summed E-state index contributed by atoms with van der Waals surface area (Å²) in [7, 11) is 1.61. The van der Waals surface area contributed by atoms with Crippen LogP contribution in [0.15, 0.2) is 48.5 Å². The van der Waals surface area contributed by atoms with Gasteiger partial charge in [0.1, 0.15) is 11.5 Å². The van der Waals surface area contributed by atoms with Crippen molar-refractivity contribution in [2.45, 2.75) is 26.4 Å². The first-order valence-electron chi connectivity index (χ1n) is 7.30. The Morgan fingerprint density at radius 1 is 1.05 bits per heavy atom. The van der Waals surface area contributed by atoms with Gasteiger partial charge in [-0.2, -0.15) is 0 Å². The van der Waals surface area contributed by atoms with E-state index in [-0.39, 0.29) is 5.91 Å². The van der Waals surface area contributed by atoms with Gasteiger partial charge in [-0.25, -0.2) is 0 Å². The van der Waals surface area contributed by atoms with Crippen LogP contribution in [0, 0.1) is 6.92 Å². The second kappa shape index (κ2) is 7.50. The van der Waals surface area contributed by atoms with E-state index in [0.29, 0.717) is 12.2 Å². The van der Waals surface area contributed by atoms with E-state index >= 15 is 0 Å². The van der Waals surface area contributed by atoms with Gasteiger partial charge < -0.3 is 14.8 Å². The normalized spacial score (nSPS) is 11.6. The molecule has 0 aliphatic rings. The van der Waals surface area contributed by atoms with Gasteiger partial charge in [0, 0.05) is 5.69 Å². The summed E-state index contributed by atoms with van der Waals surface area (Å²) in [6, 6.07) is 14.9. The monoisotopic (exact) mass is 299 g/mol. The molecule has 0 radical (unpaired) electrons. The summed E-state index contributed by atoms with van der Waals surface area (Å²) in [4.78, 5) is 12.3. The van der Waals surface area contributed by atoms with Crippen molar-refractivity contribution in [2.75, 3.05) is 12.4 Å². The molecule has 0 fully saturated rings. The molecule has 2 aromatic rings. The fraction of sp³-hybridized carbons (Fsp3) is 0.278. The molecule has 0 aliphatic carbocycles. The quantitative estimate of drug-likeness (QED) is 0.882. The molecule has 22 heavy (non-hydrogen) atoms. The van der Waals surface area contributed by atoms with Crippen LogP contribution >= 0.6 is 0 Å². The topological polar surface area (TPSA) is 47.6 Å². The lowest BCUT2D eigenvalue weighted by Gasteiger charge is -2.17. The van der Waals surface area contributed by atoms with Crippen LogP contribution in [0.4, 0.5) is 5.69 Å². The fourth-order valence-electron chi connectivity index (χ4n) is 2.00. The largest absolute Gasteiger partial charge is 0.497 e. The summed E-state index contributed by atoms with van der Waals surface area (Å²) in [5, 5.41) is 2.87. The highest BCUT2D eigenvalue weighted by Crippen LogP contribution is 2.19. The Labute approximate surface area is 131 Å². The average Bonchev–Trinajstić information content (AvgIpc) is 2.55. The second-order valence-electron chi connectivity index (χ2n) is 5.05. The molecule has 0 saturated carbocycles. The Morgan fingerprint density at radius 2 is 1.64 bits per heavy atom. The van der Waals surface area contributed by atoms with Crippen LogP contribution < -0.4 is 14.8 Å². The van der Waals surface area contributed by atoms with Crippen LogP contribution in [0.2, 0.25) is 0 Å². The standard InChI is InChI=1S/C18H21NO3/c1-4-17(22-16-11-9-15(21-3)10-12-16)18(20)19-14-7-5-13(2)6-8-14/h5-12,17H,4H2,1-3H3,(H,19,20)/t17-/m0/s1. The Kier molecular flexibility index (Phi) is 5.42. The van der Waals surface area contributed by atoms with E-state index in [4.69, 9.17) is 9.47 Å². The third-order valence-electron chi connectivity index (χ3n) is 3.32. The van der Waals surface area contributed by atoms with Gasteiger partial charge in [0.25, 0.3) is 5.91 Å². The first-order chi connectivity index (χ1) is 10.6. The first kappa shape index (κ1) is 15.9. The van der Waals surface area contributed by atoms with Crippen LogP contribution in [0.3, 0.4) is 0 Å². The Morgan fingerprint density at radius 3 is 2.18 bits per heavy atom. The summed E-state index contributed by atoms with van der Waals surface area (Å²) < 4.78 is 10.9. The minimum absolute atomic E-state index is 0.151. The summed E-state index contributed by atoms with van der Waals surface area (Å²) >= 11 is 0. The van der Waals surface area contributed by atoms with E-state index in [1.165, 1.54) is 0 Å². The highest BCUT2D eigenvalue weighted by molar-refractivity contribution is 5.94. The zero-order valence-corrected chi connectivity index (χ0v) is 13.1. The Bertz CT molecular complexity index is 605. The van der Waals surface area contributed by atoms with Crippen LogP contribution in [0.1, 0.15) is 18.9 Å². The zero-order chi connectivity index (χ0) is 15.9. The molecule has 0 aromatic heterocycles. The molecule has 1 N–H and O–H groups in total. The third-order valence-corrected chi connectivity index (χ3v) is 3.32. The van der Waals surface area contributed by atoms with Gasteiger partial charge >= 0.3 is 0 Å². The number of aryl methyl sites for hydroxylation is 1. The highest BCUT2D eigenvalue weighted by atomic mass is 16.5. The van der Waals surface area contributed by atoms with Crippen molar-refractivity contribution >= 4 is 11.6 Å². The molecule has 4 nitrogen and oxygen atoms in total. The van der Waals surface area contributed by atoms with E-state index < -0.39 is 6.10 Å². The van der Waals surface area contributed by atoms with Gasteiger partial charge in [0.15, 0.2) is 6.10 Å². The lowest BCUT2D eigenvalue weighted by molar-refractivity contribution is -0.122. The lowest BCUT2D eigenvalue weighted by atomic mass is 10.2. The van der Waals surface area contributed by atoms with E-state index in [9.17, 15) is 4.79 Å². The molecule has 1 amide bonds. The molecular formula is C18H21NO3. The van der Waals surface area contributed by atoms with Crippen LogP contribution in [0.25, 0.3) is 0 Å². The molecule has 0 saturated heterocycles. The second-order valence-corrected chi connectivity index (χ2v) is 5.05. The molecule has 4 heteroatoms. The van der Waals surface area contributed by atoms with E-state index in [1.54, 1.807) is 31.4 Å². The number of hydrogen-bond donors (Lipinski definition) is 1. The zero-order valence-electron chi connectivity index (χ0n) is 13.1. The molecule has 2 aromatic carbocycles. The number of carbonyl (C=O) groups excluding carboxylic acids is 1. The van der Waals surface area contributed by atoms with E-state index in [1.807, 2.05) is 38.1 Å². The van der Waals surface area contributed by atoms with Crippen molar-refractivity contribution in [3.63, 3.8) is 0 Å². The third kappa shape index (κ3) is 4.25. The molecule has 0 spiro atoms. The molecule has 0 heterocycles. The highest BCUT2D eigenvalue weighted by Gasteiger charge is 2.18. The van der Waals surface area contributed by atoms with Crippen molar-refractivity contribution in [2.24, 2.45) is 0 Å². The number of benzene rings is 2. The van der Waals surface area contributed by atoms with Crippen molar-refractivity contribution < 1.29 is 14.3 Å². The first-order valence-corrected chi connectivity index (χ1v) is 7.30. The number of anilines is 1. The van der Waals surface area contributed by atoms with Crippen molar-refractivity contribution in [3.05, 3.63) is 54.1 Å². The number of methoxy groups -OCH3 is 1. The number of hydrogen-bond acceptors (Lipinski definition) is 3. The summed E-state index contributed by atoms with van der Waals surface area (Å²) in [6.45, 7) is 3.93. The number of ether oxygens (including phenoxy) is 2. The molecule has 0 aliphatic heterocycles. The van der Waals surface area contributed by atoms with Crippen LogP contribution in [0.5, 0.6) is 11.5 Å². The summed E-state index contributed by atoms with van der Waals surface area (Å²) in [5.41, 5.74) is 1.92. The van der Waals surface area contributed by atoms with Crippen LogP contribution in [-0.2, 0) is 4.79 Å². The van der Waals surface area contributed by atoms with Gasteiger partial charge in [0.2, 0.25) is 0 Å². The molecule has 0 unspecified atom stereocenters.